The van der Waals surface area contributed by atoms with Crippen molar-refractivity contribution < 1.29 is 4.92 Å². The van der Waals surface area contributed by atoms with Crippen LogP contribution in [0.3, 0.4) is 0 Å². The minimum Gasteiger partial charge on any atom is -0.293 e. The summed E-state index contributed by atoms with van der Waals surface area (Å²) < 4.78 is 1.87. The summed E-state index contributed by atoms with van der Waals surface area (Å²) in [6.45, 7) is 3.92. The van der Waals surface area contributed by atoms with Gasteiger partial charge in [0.2, 0.25) is 0 Å². The van der Waals surface area contributed by atoms with Gasteiger partial charge in [-0.1, -0.05) is 11.6 Å². The summed E-state index contributed by atoms with van der Waals surface area (Å²) in [6.07, 6.45) is 0. The highest BCUT2D eigenvalue weighted by Gasteiger charge is 2.10. The van der Waals surface area contributed by atoms with Crippen molar-refractivity contribution in [2.24, 2.45) is 0 Å². The van der Waals surface area contributed by atoms with Gasteiger partial charge in [0.15, 0.2) is 0 Å². The van der Waals surface area contributed by atoms with Gasteiger partial charge in [-0.15, -0.1) is 0 Å². The number of nitro benzene ring substituents is 1. The number of hydrogen-bond acceptors (Lipinski definition) is 3. The van der Waals surface area contributed by atoms with Crippen LogP contribution in [-0.4, -0.2) is 9.60 Å². The molecule has 18 heavy (non-hydrogen) atoms. The Bertz CT molecular complexity index is 588. The molecule has 5 nitrogen and oxygen atoms in total. The van der Waals surface area contributed by atoms with Gasteiger partial charge in [-0.2, -0.15) is 0 Å². The predicted octanol–water partition coefficient (Wildman–Crippen LogP) is 3.54. The molecule has 2 aromatic rings. The number of hydrogen-bond donors (Lipinski definition) is 1. The summed E-state index contributed by atoms with van der Waals surface area (Å²) in [5.41, 5.74) is 5.78. The van der Waals surface area contributed by atoms with E-state index in [4.69, 9.17) is 11.6 Å². The van der Waals surface area contributed by atoms with Gasteiger partial charge in [0.25, 0.3) is 5.69 Å². The summed E-state index contributed by atoms with van der Waals surface area (Å²) in [7, 11) is 0. The van der Waals surface area contributed by atoms with Crippen molar-refractivity contribution in [3.63, 3.8) is 0 Å². The number of halogens is 1. The number of non-ortho nitro benzene ring substituents is 1. The number of anilines is 1. The second kappa shape index (κ2) is 4.70. The highest BCUT2D eigenvalue weighted by atomic mass is 35.5. The van der Waals surface area contributed by atoms with Gasteiger partial charge in [0, 0.05) is 23.5 Å². The van der Waals surface area contributed by atoms with Gasteiger partial charge in [-0.3, -0.25) is 20.2 Å². The third kappa shape index (κ3) is 2.31. The number of benzene rings is 1. The van der Waals surface area contributed by atoms with Crippen molar-refractivity contribution in [3.05, 3.63) is 56.9 Å². The molecule has 1 aromatic carbocycles. The quantitative estimate of drug-likeness (QED) is 0.682. The fraction of sp³-hybridized carbons (Fsp3) is 0.167. The maximum Gasteiger partial charge on any atom is 0.271 e. The molecule has 1 heterocycles. The molecule has 0 bridgehead atoms. The van der Waals surface area contributed by atoms with Crippen LogP contribution in [0.25, 0.3) is 0 Å². The summed E-state index contributed by atoms with van der Waals surface area (Å²) >= 11 is 6.01. The maximum atomic E-state index is 10.6. The smallest absolute Gasteiger partial charge is 0.271 e. The van der Waals surface area contributed by atoms with Gasteiger partial charge in [0.1, 0.15) is 0 Å². The minimum atomic E-state index is -0.470. The molecule has 6 heteroatoms. The Morgan fingerprint density at radius 3 is 2.33 bits per heavy atom. The van der Waals surface area contributed by atoms with Crippen LogP contribution in [0.1, 0.15) is 11.4 Å². The van der Waals surface area contributed by atoms with Gasteiger partial charge in [0.05, 0.1) is 15.6 Å². The Morgan fingerprint density at radius 2 is 1.83 bits per heavy atom. The molecular formula is C12H12ClN3O2. The molecule has 0 fully saturated rings. The van der Waals surface area contributed by atoms with E-state index in [0.29, 0.717) is 10.7 Å². The van der Waals surface area contributed by atoms with Crippen LogP contribution in [0.15, 0.2) is 30.3 Å². The molecule has 0 amide bonds. The van der Waals surface area contributed by atoms with E-state index in [1.165, 1.54) is 12.1 Å². The number of rotatable bonds is 3. The Kier molecular flexibility index (Phi) is 3.25. The molecule has 0 saturated heterocycles. The largest absolute Gasteiger partial charge is 0.293 e. The van der Waals surface area contributed by atoms with E-state index in [-0.39, 0.29) is 5.69 Å². The number of nitrogens with one attached hydrogen (secondary N) is 1. The van der Waals surface area contributed by atoms with Crippen molar-refractivity contribution in [2.45, 2.75) is 13.8 Å². The Balaban J connectivity index is 2.33. The van der Waals surface area contributed by atoms with Crippen molar-refractivity contribution in [1.29, 1.82) is 0 Å². The first kappa shape index (κ1) is 12.4. The number of aryl methyl sites for hydroxylation is 2. The maximum absolute atomic E-state index is 10.6. The van der Waals surface area contributed by atoms with Crippen LogP contribution in [0.5, 0.6) is 0 Å². The standard InChI is InChI=1S/C12H12ClN3O2/c1-8-3-4-9(2)15(8)14-12-6-5-10(16(17)18)7-11(12)13/h3-7,14H,1-2H3. The van der Waals surface area contributed by atoms with Crippen molar-refractivity contribution in [3.8, 4) is 0 Å². The second-order valence-corrected chi connectivity index (χ2v) is 4.39. The molecule has 0 aliphatic carbocycles. The molecule has 0 radical (unpaired) electrons. The molecule has 1 N–H and O–H groups in total. The molecule has 0 aliphatic rings. The lowest BCUT2D eigenvalue weighted by Gasteiger charge is -2.13. The van der Waals surface area contributed by atoms with Crippen LogP contribution in [0.2, 0.25) is 5.02 Å². The van der Waals surface area contributed by atoms with Crippen molar-refractivity contribution in [2.75, 3.05) is 5.43 Å². The Labute approximate surface area is 109 Å². The highest BCUT2D eigenvalue weighted by Crippen LogP contribution is 2.27. The zero-order valence-corrected chi connectivity index (χ0v) is 10.7. The van der Waals surface area contributed by atoms with Crippen LogP contribution in [0, 0.1) is 24.0 Å². The molecule has 94 valence electrons. The first-order valence-corrected chi connectivity index (χ1v) is 5.73. The molecule has 0 atom stereocenters. The van der Waals surface area contributed by atoms with Gasteiger partial charge < -0.3 is 0 Å². The summed E-state index contributed by atoms with van der Waals surface area (Å²) in [5, 5.41) is 10.9. The molecule has 2 rings (SSSR count). The Hall–Kier alpha value is -2.01. The van der Waals surface area contributed by atoms with Crippen LogP contribution in [-0.2, 0) is 0 Å². The third-order valence-electron chi connectivity index (χ3n) is 2.67. The topological polar surface area (TPSA) is 60.1 Å². The van der Waals surface area contributed by atoms with Crippen molar-refractivity contribution in [1.82, 2.24) is 4.68 Å². The van der Waals surface area contributed by atoms with E-state index in [1.807, 2.05) is 30.7 Å². The summed E-state index contributed by atoms with van der Waals surface area (Å²) in [5.74, 6) is 0. The monoisotopic (exact) mass is 265 g/mol. The zero-order chi connectivity index (χ0) is 13.3. The van der Waals surface area contributed by atoms with E-state index in [0.717, 1.165) is 11.4 Å². The molecule has 1 aromatic heterocycles. The number of aromatic nitrogens is 1. The van der Waals surface area contributed by atoms with E-state index >= 15 is 0 Å². The second-order valence-electron chi connectivity index (χ2n) is 3.98. The minimum absolute atomic E-state index is 0.0218. The third-order valence-corrected chi connectivity index (χ3v) is 2.98. The first-order valence-electron chi connectivity index (χ1n) is 5.35. The lowest BCUT2D eigenvalue weighted by Crippen LogP contribution is -2.12. The summed E-state index contributed by atoms with van der Waals surface area (Å²) in [6, 6.07) is 8.29. The predicted molar refractivity (Wildman–Crippen MR) is 71.0 cm³/mol. The first-order chi connectivity index (χ1) is 8.49. The number of nitro groups is 1. The zero-order valence-electron chi connectivity index (χ0n) is 9.98. The number of nitrogens with zero attached hydrogens (tertiary/aromatic N) is 2. The van der Waals surface area contributed by atoms with E-state index < -0.39 is 4.92 Å². The van der Waals surface area contributed by atoms with Gasteiger partial charge in [-0.25, -0.2) is 0 Å². The van der Waals surface area contributed by atoms with Gasteiger partial charge >= 0.3 is 0 Å². The summed E-state index contributed by atoms with van der Waals surface area (Å²) in [4.78, 5) is 10.1. The Morgan fingerprint density at radius 1 is 1.22 bits per heavy atom. The molecule has 0 unspecified atom stereocenters. The lowest BCUT2D eigenvalue weighted by molar-refractivity contribution is -0.384. The molecule has 0 saturated carbocycles. The highest BCUT2D eigenvalue weighted by molar-refractivity contribution is 6.33. The van der Waals surface area contributed by atoms with Crippen molar-refractivity contribution >= 4 is 23.0 Å². The van der Waals surface area contributed by atoms with E-state index in [9.17, 15) is 10.1 Å². The van der Waals surface area contributed by atoms with Crippen LogP contribution >= 0.6 is 11.6 Å². The lowest BCUT2D eigenvalue weighted by atomic mass is 10.3. The van der Waals surface area contributed by atoms with E-state index in [2.05, 4.69) is 5.43 Å². The van der Waals surface area contributed by atoms with Gasteiger partial charge in [-0.05, 0) is 32.0 Å². The van der Waals surface area contributed by atoms with Crippen LogP contribution < -0.4 is 5.43 Å². The fourth-order valence-electron chi connectivity index (χ4n) is 1.67. The molecule has 0 aliphatic heterocycles. The normalized spacial score (nSPS) is 10.4. The molecule has 0 spiro atoms. The molecular weight excluding hydrogens is 254 g/mol. The average Bonchev–Trinajstić information content (AvgIpc) is 2.63. The van der Waals surface area contributed by atoms with E-state index in [1.54, 1.807) is 6.07 Å². The fourth-order valence-corrected chi connectivity index (χ4v) is 1.89. The van der Waals surface area contributed by atoms with Crippen LogP contribution in [0.4, 0.5) is 11.4 Å². The SMILES string of the molecule is Cc1ccc(C)n1Nc1ccc([N+](=O)[O-])cc1Cl. The average molecular weight is 266 g/mol.